The van der Waals surface area contributed by atoms with Gasteiger partial charge in [-0.25, -0.2) is 4.98 Å². The molecule has 0 spiro atoms. The highest BCUT2D eigenvalue weighted by molar-refractivity contribution is 5.98. The lowest BCUT2D eigenvalue weighted by Gasteiger charge is -2.36. The van der Waals surface area contributed by atoms with Crippen molar-refractivity contribution in [2.24, 2.45) is 0 Å². The topological polar surface area (TPSA) is 70.4 Å². The first-order valence-corrected chi connectivity index (χ1v) is 12.6. The molecule has 2 N–H and O–H groups in total. The van der Waals surface area contributed by atoms with Crippen LogP contribution >= 0.6 is 0 Å². The molecule has 1 saturated carbocycles. The summed E-state index contributed by atoms with van der Waals surface area (Å²) in [6, 6.07) is 20.4. The van der Waals surface area contributed by atoms with E-state index in [1.165, 1.54) is 5.56 Å². The Morgan fingerprint density at radius 1 is 1.00 bits per heavy atom. The Bertz CT molecular complexity index is 1080. The van der Waals surface area contributed by atoms with Gasteiger partial charge in [-0.15, -0.1) is 0 Å². The van der Waals surface area contributed by atoms with Gasteiger partial charge >= 0.3 is 0 Å². The van der Waals surface area contributed by atoms with Crippen LogP contribution in [0.15, 0.2) is 67.0 Å². The van der Waals surface area contributed by atoms with E-state index < -0.39 is 6.10 Å². The van der Waals surface area contributed by atoms with Gasteiger partial charge in [-0.2, -0.15) is 0 Å². The number of nitrogens with zero attached hydrogens (tertiary/aromatic N) is 3. The molecule has 2 fully saturated rings. The number of benzene rings is 2. The monoisotopic (exact) mass is 458 g/mol. The highest BCUT2D eigenvalue weighted by Gasteiger charge is 2.33. The number of aliphatic hydroxyl groups excluding tert-OH is 1. The number of aliphatic hydroxyl groups is 1. The molecule has 3 aromatic rings. The third kappa shape index (κ3) is 4.79. The number of imidazole rings is 1. The highest BCUT2D eigenvalue weighted by atomic mass is 16.3. The van der Waals surface area contributed by atoms with Crippen molar-refractivity contribution in [3.05, 3.63) is 78.2 Å². The van der Waals surface area contributed by atoms with E-state index in [1.807, 2.05) is 53.4 Å². The van der Waals surface area contributed by atoms with E-state index >= 15 is 0 Å². The van der Waals surface area contributed by atoms with Crippen molar-refractivity contribution in [2.75, 3.05) is 19.6 Å². The Hall–Kier alpha value is -2.96. The Morgan fingerprint density at radius 3 is 2.53 bits per heavy atom. The van der Waals surface area contributed by atoms with Crippen molar-refractivity contribution in [2.45, 2.75) is 56.7 Å². The lowest BCUT2D eigenvalue weighted by atomic mass is 10.0. The molecule has 0 radical (unpaired) electrons. The van der Waals surface area contributed by atoms with Gasteiger partial charge in [0.2, 0.25) is 0 Å². The second kappa shape index (κ2) is 10.5. The summed E-state index contributed by atoms with van der Waals surface area (Å²) in [7, 11) is 0. The predicted molar refractivity (Wildman–Crippen MR) is 134 cm³/mol. The second-order valence-corrected chi connectivity index (χ2v) is 9.53. The summed E-state index contributed by atoms with van der Waals surface area (Å²) in [6.45, 7) is 2.20. The van der Waals surface area contributed by atoms with Crippen molar-refractivity contribution in [1.82, 2.24) is 19.8 Å². The van der Waals surface area contributed by atoms with Crippen LogP contribution in [0.1, 0.15) is 54.2 Å². The highest BCUT2D eigenvalue weighted by Crippen LogP contribution is 2.34. The molecule has 0 bridgehead atoms. The Labute approximate surface area is 201 Å². The van der Waals surface area contributed by atoms with Gasteiger partial charge in [0, 0.05) is 31.2 Å². The first kappa shape index (κ1) is 22.8. The zero-order valence-corrected chi connectivity index (χ0v) is 19.6. The van der Waals surface area contributed by atoms with Gasteiger partial charge < -0.3 is 19.9 Å². The number of carbonyl (C=O) groups is 1. The number of rotatable bonds is 5. The molecule has 1 aliphatic heterocycles. The van der Waals surface area contributed by atoms with Crippen LogP contribution in [0.25, 0.3) is 11.3 Å². The minimum Gasteiger partial charge on any atom is -0.391 e. The number of amides is 1. The van der Waals surface area contributed by atoms with Crippen molar-refractivity contribution < 1.29 is 9.90 Å². The minimum atomic E-state index is -0.424. The lowest BCUT2D eigenvalue weighted by Crippen LogP contribution is -2.54. The summed E-state index contributed by atoms with van der Waals surface area (Å²) in [5, 5.41) is 14.4. The first-order chi connectivity index (χ1) is 16.7. The summed E-state index contributed by atoms with van der Waals surface area (Å²) >= 11 is 0. The normalized spacial score (nSPS) is 23.4. The zero-order valence-electron chi connectivity index (χ0n) is 19.6. The summed E-state index contributed by atoms with van der Waals surface area (Å²) in [5.74, 6) is -0.0249. The van der Waals surface area contributed by atoms with Crippen LogP contribution in [0.2, 0.25) is 0 Å². The Balaban J connectivity index is 1.51. The first-order valence-electron chi connectivity index (χ1n) is 12.6. The molecule has 1 saturated heterocycles. The molecule has 1 aliphatic carbocycles. The van der Waals surface area contributed by atoms with E-state index in [4.69, 9.17) is 0 Å². The van der Waals surface area contributed by atoms with Gasteiger partial charge in [-0.3, -0.25) is 4.79 Å². The fourth-order valence-corrected chi connectivity index (χ4v) is 5.48. The van der Waals surface area contributed by atoms with Gasteiger partial charge in [-0.05, 0) is 24.8 Å². The standard InChI is InChI=1S/C28H34N4O2/c33-25-15-9-3-8-14-24(25)32-20-30-26(27(32)22-12-6-2-7-13-22)28(34)31-17-16-29-19-23(31)18-21-10-4-1-5-11-21/h1-2,4-7,10-13,20,23-25,29,33H,3,8-9,14-19H2/t23-,24?,25+/m1/s1. The van der Waals surface area contributed by atoms with Gasteiger partial charge in [0.15, 0.2) is 5.69 Å². The molecule has 2 aromatic carbocycles. The van der Waals surface area contributed by atoms with Crippen LogP contribution in [0.3, 0.4) is 0 Å². The summed E-state index contributed by atoms with van der Waals surface area (Å²) in [4.78, 5) is 20.7. The number of aromatic nitrogens is 2. The molecular weight excluding hydrogens is 424 g/mol. The van der Waals surface area contributed by atoms with E-state index in [9.17, 15) is 9.90 Å². The summed E-state index contributed by atoms with van der Waals surface area (Å²) < 4.78 is 2.08. The molecule has 178 valence electrons. The number of hydrogen-bond acceptors (Lipinski definition) is 4. The molecule has 34 heavy (non-hydrogen) atoms. The number of carbonyl (C=O) groups excluding carboxylic acids is 1. The van der Waals surface area contributed by atoms with Crippen molar-refractivity contribution in [1.29, 1.82) is 0 Å². The van der Waals surface area contributed by atoms with E-state index in [1.54, 1.807) is 6.33 Å². The van der Waals surface area contributed by atoms with Gasteiger partial charge in [0.05, 0.1) is 24.2 Å². The predicted octanol–water partition coefficient (Wildman–Crippen LogP) is 4.07. The lowest BCUT2D eigenvalue weighted by molar-refractivity contribution is 0.0630. The molecule has 3 atom stereocenters. The zero-order chi connectivity index (χ0) is 23.3. The summed E-state index contributed by atoms with van der Waals surface area (Å²) in [6.07, 6.45) is 7.11. The van der Waals surface area contributed by atoms with Gasteiger partial charge in [0.1, 0.15) is 0 Å². The SMILES string of the molecule is O=C(c1ncn(C2CCCCC[C@@H]2O)c1-c1ccccc1)N1CCNC[C@H]1Cc1ccccc1. The quantitative estimate of drug-likeness (QED) is 0.566. The second-order valence-electron chi connectivity index (χ2n) is 9.53. The average Bonchev–Trinajstić information content (AvgIpc) is 3.20. The van der Waals surface area contributed by atoms with E-state index in [0.29, 0.717) is 12.2 Å². The third-order valence-corrected chi connectivity index (χ3v) is 7.27. The maximum absolute atomic E-state index is 14.0. The van der Waals surface area contributed by atoms with E-state index in [-0.39, 0.29) is 18.0 Å². The Kier molecular flexibility index (Phi) is 7.07. The molecule has 1 amide bonds. The van der Waals surface area contributed by atoms with Crippen molar-refractivity contribution >= 4 is 5.91 Å². The molecule has 1 unspecified atom stereocenters. The van der Waals surface area contributed by atoms with Crippen molar-refractivity contribution in [3.8, 4) is 11.3 Å². The van der Waals surface area contributed by atoms with Crippen LogP contribution in [0.5, 0.6) is 0 Å². The molecule has 6 heteroatoms. The minimum absolute atomic E-state index is 0.0249. The maximum atomic E-state index is 14.0. The fourth-order valence-electron chi connectivity index (χ4n) is 5.48. The van der Waals surface area contributed by atoms with Crippen LogP contribution in [-0.4, -0.2) is 57.2 Å². The average molecular weight is 459 g/mol. The largest absolute Gasteiger partial charge is 0.391 e. The fraction of sp³-hybridized carbons (Fsp3) is 0.429. The third-order valence-electron chi connectivity index (χ3n) is 7.27. The number of nitrogens with one attached hydrogen (secondary N) is 1. The van der Waals surface area contributed by atoms with E-state index in [0.717, 1.165) is 62.9 Å². The molecule has 1 aromatic heterocycles. The van der Waals surface area contributed by atoms with Gasteiger partial charge in [-0.1, -0.05) is 79.9 Å². The van der Waals surface area contributed by atoms with Crippen LogP contribution in [-0.2, 0) is 6.42 Å². The molecule has 2 heterocycles. The molecule has 5 rings (SSSR count). The molecule has 2 aliphatic rings. The van der Waals surface area contributed by atoms with Crippen LogP contribution in [0.4, 0.5) is 0 Å². The summed E-state index contributed by atoms with van der Waals surface area (Å²) in [5.41, 5.74) is 3.51. The number of piperazine rings is 1. The Morgan fingerprint density at radius 2 is 1.74 bits per heavy atom. The smallest absolute Gasteiger partial charge is 0.275 e. The molecule has 6 nitrogen and oxygen atoms in total. The maximum Gasteiger partial charge on any atom is 0.275 e. The van der Waals surface area contributed by atoms with E-state index in [2.05, 4.69) is 27.0 Å². The molecular formula is C28H34N4O2. The van der Waals surface area contributed by atoms with Crippen LogP contribution in [0, 0.1) is 0 Å². The van der Waals surface area contributed by atoms with Crippen molar-refractivity contribution in [3.63, 3.8) is 0 Å². The number of hydrogen-bond donors (Lipinski definition) is 2. The van der Waals surface area contributed by atoms with Gasteiger partial charge in [0.25, 0.3) is 5.91 Å². The van der Waals surface area contributed by atoms with Crippen LogP contribution < -0.4 is 5.32 Å².